The second kappa shape index (κ2) is 7.75. The van der Waals surface area contributed by atoms with Crippen LogP contribution < -0.4 is 9.62 Å². The zero-order valence-electron chi connectivity index (χ0n) is 12.5. The number of ether oxygens (including phenoxy) is 1. The summed E-state index contributed by atoms with van der Waals surface area (Å²) in [6.07, 6.45) is 0.954. The molecule has 1 aromatic rings. The van der Waals surface area contributed by atoms with Crippen molar-refractivity contribution in [2.45, 2.75) is 13.0 Å². The van der Waals surface area contributed by atoms with Gasteiger partial charge < -0.3 is 10.1 Å². The Hall–Kier alpha value is -1.38. The van der Waals surface area contributed by atoms with E-state index in [4.69, 9.17) is 16.3 Å². The van der Waals surface area contributed by atoms with Crippen LogP contribution in [0.1, 0.15) is 6.92 Å². The maximum Gasteiger partial charge on any atom is 0.241 e. The first-order valence-electron chi connectivity index (χ1n) is 6.36. The van der Waals surface area contributed by atoms with E-state index in [9.17, 15) is 17.6 Å². The van der Waals surface area contributed by atoms with Crippen molar-refractivity contribution in [3.8, 4) is 0 Å². The molecule has 0 radical (unpaired) electrons. The number of nitrogens with one attached hydrogen (secondary N) is 1. The highest BCUT2D eigenvalue weighted by molar-refractivity contribution is 7.92. The van der Waals surface area contributed by atoms with E-state index < -0.39 is 28.3 Å². The van der Waals surface area contributed by atoms with Gasteiger partial charge in [-0.05, 0) is 25.1 Å². The molecule has 0 aromatic heterocycles. The van der Waals surface area contributed by atoms with Crippen molar-refractivity contribution < 1.29 is 22.3 Å². The molecule has 1 amide bonds. The molecule has 0 unspecified atom stereocenters. The van der Waals surface area contributed by atoms with Gasteiger partial charge in [-0.3, -0.25) is 9.10 Å². The van der Waals surface area contributed by atoms with Crippen LogP contribution in [0.4, 0.5) is 10.1 Å². The topological polar surface area (TPSA) is 75.7 Å². The van der Waals surface area contributed by atoms with Crippen LogP contribution >= 0.6 is 11.6 Å². The fourth-order valence-corrected chi connectivity index (χ4v) is 2.81. The Labute approximate surface area is 134 Å². The van der Waals surface area contributed by atoms with Crippen molar-refractivity contribution in [3.63, 3.8) is 0 Å². The summed E-state index contributed by atoms with van der Waals surface area (Å²) in [5.41, 5.74) is 0.114. The monoisotopic (exact) mass is 352 g/mol. The molecule has 0 aliphatic heterocycles. The minimum atomic E-state index is -3.73. The van der Waals surface area contributed by atoms with Gasteiger partial charge in [0.2, 0.25) is 15.9 Å². The molecule has 22 heavy (non-hydrogen) atoms. The van der Waals surface area contributed by atoms with Gasteiger partial charge >= 0.3 is 0 Å². The number of amides is 1. The summed E-state index contributed by atoms with van der Waals surface area (Å²) in [4.78, 5) is 11.9. The molecule has 1 N–H and O–H groups in total. The van der Waals surface area contributed by atoms with Crippen LogP contribution in [0.5, 0.6) is 0 Å². The number of halogens is 2. The van der Waals surface area contributed by atoms with Crippen LogP contribution in [-0.4, -0.2) is 46.9 Å². The average molecular weight is 353 g/mol. The minimum Gasteiger partial charge on any atom is -0.383 e. The lowest BCUT2D eigenvalue weighted by Crippen LogP contribution is -2.44. The Morgan fingerprint density at radius 1 is 1.50 bits per heavy atom. The summed E-state index contributed by atoms with van der Waals surface area (Å²) in [6.45, 7) is 1.59. The molecule has 0 saturated heterocycles. The number of hydrogen-bond acceptors (Lipinski definition) is 4. The predicted octanol–water partition coefficient (Wildman–Crippen LogP) is 1.40. The molecule has 1 atom stereocenters. The normalized spacial score (nSPS) is 12.8. The van der Waals surface area contributed by atoms with Crippen molar-refractivity contribution in [3.05, 3.63) is 29.0 Å². The van der Waals surface area contributed by atoms with Gasteiger partial charge in [-0.2, -0.15) is 0 Å². The van der Waals surface area contributed by atoms with E-state index in [-0.39, 0.29) is 16.8 Å². The molecule has 0 spiro atoms. The smallest absolute Gasteiger partial charge is 0.241 e. The minimum absolute atomic E-state index is 0.114. The number of carbonyl (C=O) groups excluding carboxylic acids is 1. The number of hydrogen-bond donors (Lipinski definition) is 1. The van der Waals surface area contributed by atoms with E-state index in [0.717, 1.165) is 22.7 Å². The van der Waals surface area contributed by atoms with Crippen LogP contribution in [0.25, 0.3) is 0 Å². The lowest BCUT2D eigenvalue weighted by Gasteiger charge is -2.23. The number of rotatable bonds is 7. The van der Waals surface area contributed by atoms with E-state index in [1.165, 1.54) is 13.2 Å². The number of carbonyl (C=O) groups is 1. The molecule has 9 heteroatoms. The number of benzene rings is 1. The van der Waals surface area contributed by atoms with E-state index in [1.54, 1.807) is 6.92 Å². The fraction of sp³-hybridized carbons (Fsp3) is 0.462. The first-order valence-corrected chi connectivity index (χ1v) is 8.59. The van der Waals surface area contributed by atoms with Gasteiger partial charge in [-0.25, -0.2) is 12.8 Å². The molecule has 0 aliphatic carbocycles. The SMILES string of the molecule is COC[C@@H](C)NC(=O)CN(c1ccc(F)c(Cl)c1)S(C)(=O)=O. The van der Waals surface area contributed by atoms with Crippen molar-refractivity contribution in [2.75, 3.05) is 30.8 Å². The van der Waals surface area contributed by atoms with Gasteiger partial charge in [0.15, 0.2) is 0 Å². The summed E-state index contributed by atoms with van der Waals surface area (Å²) < 4.78 is 42.6. The van der Waals surface area contributed by atoms with Crippen molar-refractivity contribution in [1.29, 1.82) is 0 Å². The Morgan fingerprint density at radius 3 is 2.64 bits per heavy atom. The first-order chi connectivity index (χ1) is 10.1. The lowest BCUT2D eigenvalue weighted by molar-refractivity contribution is -0.120. The third-order valence-corrected chi connectivity index (χ3v) is 4.13. The molecule has 0 heterocycles. The zero-order valence-corrected chi connectivity index (χ0v) is 14.0. The molecular weight excluding hydrogens is 335 g/mol. The third kappa shape index (κ3) is 5.43. The zero-order chi connectivity index (χ0) is 16.9. The number of methoxy groups -OCH3 is 1. The maximum atomic E-state index is 13.2. The first kappa shape index (κ1) is 18.7. The lowest BCUT2D eigenvalue weighted by atomic mass is 10.3. The van der Waals surface area contributed by atoms with Gasteiger partial charge in [-0.1, -0.05) is 11.6 Å². The van der Waals surface area contributed by atoms with Crippen LogP contribution in [0.15, 0.2) is 18.2 Å². The molecule has 124 valence electrons. The van der Waals surface area contributed by atoms with Crippen LogP contribution in [0.2, 0.25) is 5.02 Å². The molecule has 1 aromatic carbocycles. The maximum absolute atomic E-state index is 13.2. The Balaban J connectivity index is 2.95. The molecule has 6 nitrogen and oxygen atoms in total. The third-order valence-electron chi connectivity index (χ3n) is 2.70. The highest BCUT2D eigenvalue weighted by Crippen LogP contribution is 2.24. The van der Waals surface area contributed by atoms with E-state index in [2.05, 4.69) is 5.32 Å². The predicted molar refractivity (Wildman–Crippen MR) is 83.1 cm³/mol. The quantitative estimate of drug-likeness (QED) is 0.804. The van der Waals surface area contributed by atoms with Gasteiger partial charge in [0.25, 0.3) is 0 Å². The standard InChI is InChI=1S/C13H18ClFN2O4S/c1-9(8-21-2)16-13(18)7-17(22(3,19)20)10-4-5-12(15)11(14)6-10/h4-6,9H,7-8H2,1-3H3,(H,16,18)/t9-/m1/s1. The Bertz CT molecular complexity index is 639. The molecular formula is C13H18ClFN2O4S. The largest absolute Gasteiger partial charge is 0.383 e. The molecule has 1 rings (SSSR count). The molecule has 0 fully saturated rings. The van der Waals surface area contributed by atoms with E-state index >= 15 is 0 Å². The van der Waals surface area contributed by atoms with Gasteiger partial charge in [0.05, 0.1) is 23.6 Å². The van der Waals surface area contributed by atoms with E-state index in [0.29, 0.717) is 6.61 Å². The fourth-order valence-electron chi connectivity index (χ4n) is 1.78. The molecule has 0 saturated carbocycles. The summed E-state index contributed by atoms with van der Waals surface area (Å²) in [6, 6.07) is 3.18. The number of nitrogens with zero attached hydrogens (tertiary/aromatic N) is 1. The number of sulfonamides is 1. The van der Waals surface area contributed by atoms with E-state index in [1.807, 2.05) is 0 Å². The van der Waals surface area contributed by atoms with Crippen molar-refractivity contribution in [1.82, 2.24) is 5.32 Å². The summed E-state index contributed by atoms with van der Waals surface area (Å²) in [5.74, 6) is -1.17. The molecule has 0 aliphatic rings. The van der Waals surface area contributed by atoms with Crippen molar-refractivity contribution >= 4 is 33.2 Å². The average Bonchev–Trinajstić information content (AvgIpc) is 2.38. The van der Waals surface area contributed by atoms with Gasteiger partial charge in [0, 0.05) is 13.2 Å². The summed E-state index contributed by atoms with van der Waals surface area (Å²) in [7, 11) is -2.24. The van der Waals surface area contributed by atoms with Crippen LogP contribution in [0.3, 0.4) is 0 Å². The highest BCUT2D eigenvalue weighted by atomic mass is 35.5. The van der Waals surface area contributed by atoms with Crippen LogP contribution in [0, 0.1) is 5.82 Å². The van der Waals surface area contributed by atoms with Crippen molar-refractivity contribution in [2.24, 2.45) is 0 Å². The molecule has 0 bridgehead atoms. The highest BCUT2D eigenvalue weighted by Gasteiger charge is 2.22. The second-order valence-corrected chi connectivity index (χ2v) is 7.11. The van der Waals surface area contributed by atoms with Gasteiger partial charge in [-0.15, -0.1) is 0 Å². The second-order valence-electron chi connectivity index (χ2n) is 4.79. The number of anilines is 1. The Morgan fingerprint density at radius 2 is 2.14 bits per heavy atom. The summed E-state index contributed by atoms with van der Waals surface area (Å²) >= 11 is 5.66. The summed E-state index contributed by atoms with van der Waals surface area (Å²) in [5, 5.41) is 2.38. The van der Waals surface area contributed by atoms with Gasteiger partial charge in [0.1, 0.15) is 12.4 Å². The van der Waals surface area contributed by atoms with Crippen LogP contribution in [-0.2, 0) is 19.6 Å². The Kier molecular flexibility index (Phi) is 6.58.